The minimum absolute atomic E-state index is 0.640. The monoisotopic (exact) mass is 568 g/mol. The van der Waals surface area contributed by atoms with Crippen LogP contribution in [0, 0.1) is 0 Å². The largest absolute Gasteiger partial charge is 0.235 e. The highest BCUT2D eigenvalue weighted by Gasteiger charge is 2.15. The Hall–Kier alpha value is -5.52. The van der Waals surface area contributed by atoms with Gasteiger partial charge in [-0.3, -0.25) is 0 Å². The molecular weight excluding hydrogens is 545 g/mol. The summed E-state index contributed by atoms with van der Waals surface area (Å²) < 4.78 is 1.17. The van der Waals surface area contributed by atoms with Crippen molar-refractivity contribution in [3.63, 3.8) is 0 Å². The highest BCUT2D eigenvalue weighted by Crippen LogP contribution is 2.36. The van der Waals surface area contributed by atoms with Crippen molar-refractivity contribution in [2.45, 2.75) is 0 Å². The van der Waals surface area contributed by atoms with E-state index in [0.717, 1.165) is 49.1 Å². The summed E-state index contributed by atoms with van der Waals surface area (Å²) in [6, 6.07) is 49.9. The number of fused-ring (bicyclic) bond motifs is 3. The van der Waals surface area contributed by atoms with Crippen molar-refractivity contribution in [1.82, 2.24) is 19.9 Å². The number of aromatic nitrogens is 4. The van der Waals surface area contributed by atoms with Gasteiger partial charge in [-0.15, -0.1) is 11.3 Å². The van der Waals surface area contributed by atoms with E-state index in [1.54, 1.807) is 11.3 Å². The van der Waals surface area contributed by atoms with E-state index in [0.29, 0.717) is 17.5 Å². The molecule has 0 aliphatic heterocycles. The average Bonchev–Trinajstić information content (AvgIpc) is 3.54. The summed E-state index contributed by atoms with van der Waals surface area (Å²) in [5, 5.41) is 3.25. The van der Waals surface area contributed by atoms with Gasteiger partial charge in [0.1, 0.15) is 5.01 Å². The zero-order chi connectivity index (χ0) is 28.6. The fraction of sp³-hybridized carbons (Fsp3) is 0. The van der Waals surface area contributed by atoms with E-state index in [1.807, 2.05) is 42.5 Å². The molecule has 6 aromatic carbocycles. The predicted molar refractivity (Wildman–Crippen MR) is 178 cm³/mol. The van der Waals surface area contributed by atoms with Crippen molar-refractivity contribution in [1.29, 1.82) is 0 Å². The maximum Gasteiger partial charge on any atom is 0.164 e. The van der Waals surface area contributed by atoms with Crippen molar-refractivity contribution in [3.05, 3.63) is 146 Å². The van der Waals surface area contributed by atoms with Gasteiger partial charge in [0, 0.05) is 27.6 Å². The molecule has 4 nitrogen and oxygen atoms in total. The summed E-state index contributed by atoms with van der Waals surface area (Å²) in [6.45, 7) is 0. The molecule has 0 fully saturated rings. The van der Waals surface area contributed by atoms with Crippen molar-refractivity contribution < 1.29 is 0 Å². The van der Waals surface area contributed by atoms with E-state index in [-0.39, 0.29) is 0 Å². The van der Waals surface area contributed by atoms with Gasteiger partial charge in [-0.2, -0.15) is 0 Å². The second-order valence-corrected chi connectivity index (χ2v) is 11.4. The van der Waals surface area contributed by atoms with Gasteiger partial charge < -0.3 is 0 Å². The van der Waals surface area contributed by atoms with Crippen molar-refractivity contribution in [2.75, 3.05) is 0 Å². The normalized spacial score (nSPS) is 11.3. The Balaban J connectivity index is 1.23. The lowest BCUT2D eigenvalue weighted by Crippen LogP contribution is -2.00. The average molecular weight is 569 g/mol. The number of nitrogens with zero attached hydrogens (tertiary/aromatic N) is 4. The first kappa shape index (κ1) is 25.2. The molecule has 8 rings (SSSR count). The molecule has 0 amide bonds. The minimum atomic E-state index is 0.640. The van der Waals surface area contributed by atoms with Crippen LogP contribution >= 0.6 is 11.3 Å². The summed E-state index contributed by atoms with van der Waals surface area (Å²) in [7, 11) is 0. The van der Waals surface area contributed by atoms with E-state index in [4.69, 9.17) is 19.9 Å². The molecule has 8 aromatic rings. The first-order valence-electron chi connectivity index (χ1n) is 14.1. The van der Waals surface area contributed by atoms with Crippen LogP contribution in [0.15, 0.2) is 146 Å². The fourth-order valence-electron chi connectivity index (χ4n) is 5.36. The smallest absolute Gasteiger partial charge is 0.164 e. The molecule has 0 bridgehead atoms. The maximum atomic E-state index is 5.03. The van der Waals surface area contributed by atoms with Crippen LogP contribution in [0.3, 0.4) is 0 Å². The lowest BCUT2D eigenvalue weighted by Gasteiger charge is -2.10. The second kappa shape index (κ2) is 10.7. The summed E-state index contributed by atoms with van der Waals surface area (Å²) in [5.41, 5.74) is 7.32. The summed E-state index contributed by atoms with van der Waals surface area (Å²) in [5.74, 6) is 1.93. The number of hydrogen-bond acceptors (Lipinski definition) is 5. The van der Waals surface area contributed by atoms with E-state index in [2.05, 4.69) is 103 Å². The van der Waals surface area contributed by atoms with Crippen LogP contribution in [-0.2, 0) is 0 Å². The number of hydrogen-bond donors (Lipinski definition) is 0. The van der Waals surface area contributed by atoms with Gasteiger partial charge >= 0.3 is 0 Å². The number of rotatable bonds is 5. The van der Waals surface area contributed by atoms with Gasteiger partial charge in [0.05, 0.1) is 10.2 Å². The highest BCUT2D eigenvalue weighted by molar-refractivity contribution is 7.21. The Morgan fingerprint density at radius 3 is 1.51 bits per heavy atom. The molecule has 43 heavy (non-hydrogen) atoms. The molecule has 0 aliphatic carbocycles. The third kappa shape index (κ3) is 4.86. The van der Waals surface area contributed by atoms with Gasteiger partial charge in [0.15, 0.2) is 17.5 Å². The lowest BCUT2D eigenvalue weighted by molar-refractivity contribution is 1.07. The third-order valence-corrected chi connectivity index (χ3v) is 8.64. The molecule has 0 aliphatic rings. The van der Waals surface area contributed by atoms with Crippen LogP contribution in [-0.4, -0.2) is 19.9 Å². The minimum Gasteiger partial charge on any atom is -0.235 e. The Morgan fingerprint density at radius 1 is 0.372 bits per heavy atom. The van der Waals surface area contributed by atoms with Crippen molar-refractivity contribution in [2.24, 2.45) is 0 Å². The second-order valence-electron chi connectivity index (χ2n) is 10.3. The van der Waals surface area contributed by atoms with E-state index in [9.17, 15) is 0 Å². The molecule has 202 valence electrons. The van der Waals surface area contributed by atoms with Gasteiger partial charge in [-0.05, 0) is 28.6 Å². The Kier molecular flexibility index (Phi) is 6.28. The molecule has 0 N–H and O–H groups in total. The molecule has 0 spiro atoms. The third-order valence-electron chi connectivity index (χ3n) is 7.57. The first-order valence-corrected chi connectivity index (χ1v) is 15.0. The van der Waals surface area contributed by atoms with Crippen molar-refractivity contribution >= 4 is 32.3 Å². The van der Waals surface area contributed by atoms with Gasteiger partial charge in [0.2, 0.25) is 0 Å². The van der Waals surface area contributed by atoms with Crippen LogP contribution in [0.5, 0.6) is 0 Å². The molecule has 5 heteroatoms. The molecule has 0 unspecified atom stereocenters. The topological polar surface area (TPSA) is 51.6 Å². The zero-order valence-electron chi connectivity index (χ0n) is 23.1. The van der Waals surface area contributed by atoms with Gasteiger partial charge in [-0.25, -0.2) is 19.9 Å². The Bertz CT molecular complexity index is 2210. The van der Waals surface area contributed by atoms with E-state index >= 15 is 0 Å². The summed E-state index contributed by atoms with van der Waals surface area (Å²) in [4.78, 5) is 19.9. The molecule has 2 heterocycles. The first-order chi connectivity index (χ1) is 21.3. The molecule has 0 saturated carbocycles. The molecule has 0 saturated heterocycles. The van der Waals surface area contributed by atoms with E-state index in [1.165, 1.54) is 10.3 Å². The van der Waals surface area contributed by atoms with E-state index < -0.39 is 0 Å². The van der Waals surface area contributed by atoms with Crippen LogP contribution in [0.1, 0.15) is 0 Å². The van der Waals surface area contributed by atoms with Crippen LogP contribution in [0.4, 0.5) is 0 Å². The maximum absolute atomic E-state index is 5.03. The molecule has 2 aromatic heterocycles. The standard InChI is InChI=1S/C38H24N4S/c1-4-10-25(11-5-1)26-16-18-28(19-17-26)36-40-35(27-12-6-2-7-13-27)41-37(42-36)31-20-22-32-30(24-31)21-23-33-34(32)39-38(43-33)29-14-8-3-9-15-29/h1-24H. The zero-order valence-corrected chi connectivity index (χ0v) is 23.9. The molecule has 0 radical (unpaired) electrons. The van der Waals surface area contributed by atoms with Crippen LogP contribution in [0.2, 0.25) is 0 Å². The lowest BCUT2D eigenvalue weighted by atomic mass is 10.0. The van der Waals surface area contributed by atoms with Gasteiger partial charge in [0.25, 0.3) is 0 Å². The number of thiazole rings is 1. The van der Waals surface area contributed by atoms with Crippen LogP contribution < -0.4 is 0 Å². The molecule has 0 atom stereocenters. The molecular formula is C38H24N4S. The Morgan fingerprint density at radius 2 is 0.860 bits per heavy atom. The van der Waals surface area contributed by atoms with Crippen molar-refractivity contribution in [3.8, 4) is 55.9 Å². The SMILES string of the molecule is c1ccc(-c2ccc(-c3nc(-c4ccccc4)nc(-c4ccc5c(ccc6sc(-c7ccccc7)nc65)c4)n3)cc2)cc1. The fourth-order valence-corrected chi connectivity index (χ4v) is 6.34. The summed E-state index contributed by atoms with van der Waals surface area (Å²) in [6.07, 6.45) is 0. The number of benzene rings is 6. The van der Waals surface area contributed by atoms with Gasteiger partial charge in [-0.1, -0.05) is 133 Å². The Labute approximate surface area is 253 Å². The quantitative estimate of drug-likeness (QED) is 0.207. The van der Waals surface area contributed by atoms with Crippen LogP contribution in [0.25, 0.3) is 76.9 Å². The predicted octanol–water partition coefficient (Wildman–Crippen LogP) is 9.97. The highest BCUT2D eigenvalue weighted by atomic mass is 32.1. The summed E-state index contributed by atoms with van der Waals surface area (Å²) >= 11 is 1.72.